The van der Waals surface area contributed by atoms with Crippen LogP contribution in [-0.4, -0.2) is 4.98 Å². The van der Waals surface area contributed by atoms with Gasteiger partial charge in [0, 0.05) is 22.1 Å². The summed E-state index contributed by atoms with van der Waals surface area (Å²) in [6.07, 6.45) is 1.79. The number of pyridine rings is 1. The molecular formula is C12H9Br2NO. The highest BCUT2D eigenvalue weighted by molar-refractivity contribution is 9.10. The van der Waals surface area contributed by atoms with Gasteiger partial charge in [-0.1, -0.05) is 37.9 Å². The Hall–Kier alpha value is -0.870. The first-order chi connectivity index (χ1) is 7.78. The lowest BCUT2D eigenvalue weighted by Gasteiger charge is -2.04. The molecule has 1 heterocycles. The molecule has 0 amide bonds. The predicted octanol–water partition coefficient (Wildman–Crippen LogP) is 4.53. The van der Waals surface area contributed by atoms with E-state index in [1.54, 1.807) is 6.20 Å². The number of rotatable bonds is 3. The number of hydrogen-bond acceptors (Lipinski definition) is 2. The molecule has 0 bridgehead atoms. The molecule has 0 radical (unpaired) electrons. The molecule has 0 saturated carbocycles. The van der Waals surface area contributed by atoms with Crippen LogP contribution in [0.4, 0.5) is 0 Å². The third-order valence-electron chi connectivity index (χ3n) is 1.99. The Bertz CT molecular complexity index is 453. The van der Waals surface area contributed by atoms with Gasteiger partial charge in [0.15, 0.2) is 0 Å². The van der Waals surface area contributed by atoms with Crippen LogP contribution in [-0.2, 0) is 5.33 Å². The molecule has 0 fully saturated rings. The summed E-state index contributed by atoms with van der Waals surface area (Å²) in [6.45, 7) is 0. The van der Waals surface area contributed by atoms with Crippen LogP contribution in [0.25, 0.3) is 0 Å². The zero-order valence-electron chi connectivity index (χ0n) is 8.36. The molecule has 0 aliphatic rings. The van der Waals surface area contributed by atoms with E-state index < -0.39 is 0 Å². The summed E-state index contributed by atoms with van der Waals surface area (Å²) in [5.41, 5.74) is 1.13. The summed E-state index contributed by atoms with van der Waals surface area (Å²) in [4.78, 5) is 4.20. The molecule has 0 atom stereocenters. The summed E-state index contributed by atoms with van der Waals surface area (Å²) in [5.74, 6) is 1.38. The smallest absolute Gasteiger partial charge is 0.219 e. The lowest BCUT2D eigenvalue weighted by molar-refractivity contribution is 0.462. The quantitative estimate of drug-likeness (QED) is 0.764. The average Bonchev–Trinajstić information content (AvgIpc) is 2.33. The molecule has 82 valence electrons. The van der Waals surface area contributed by atoms with Gasteiger partial charge in [0.05, 0.1) is 0 Å². The van der Waals surface area contributed by atoms with Gasteiger partial charge >= 0.3 is 0 Å². The second-order valence-electron chi connectivity index (χ2n) is 3.19. The molecule has 0 aliphatic heterocycles. The summed E-state index contributed by atoms with van der Waals surface area (Å²) in [6, 6.07) is 11.5. The largest absolute Gasteiger partial charge is 0.439 e. The Kier molecular flexibility index (Phi) is 3.96. The van der Waals surface area contributed by atoms with E-state index in [1.165, 1.54) is 0 Å². The second kappa shape index (κ2) is 5.46. The van der Waals surface area contributed by atoms with Crippen LogP contribution in [0.3, 0.4) is 0 Å². The first-order valence-electron chi connectivity index (χ1n) is 4.72. The first kappa shape index (κ1) is 11.6. The topological polar surface area (TPSA) is 22.1 Å². The maximum atomic E-state index is 5.59. The van der Waals surface area contributed by atoms with Crippen LogP contribution in [0.5, 0.6) is 11.6 Å². The Morgan fingerprint density at radius 2 is 1.81 bits per heavy atom. The molecule has 0 unspecified atom stereocenters. The van der Waals surface area contributed by atoms with Crippen LogP contribution >= 0.6 is 31.9 Å². The minimum absolute atomic E-state index is 0.604. The normalized spacial score (nSPS) is 10.1. The van der Waals surface area contributed by atoms with E-state index >= 15 is 0 Å². The summed E-state index contributed by atoms with van der Waals surface area (Å²) < 4.78 is 6.62. The summed E-state index contributed by atoms with van der Waals surface area (Å²) >= 11 is 6.74. The van der Waals surface area contributed by atoms with Crippen molar-refractivity contribution in [2.24, 2.45) is 0 Å². The van der Waals surface area contributed by atoms with Crippen molar-refractivity contribution in [2.75, 3.05) is 0 Å². The molecule has 4 heteroatoms. The SMILES string of the molecule is BrCc1ccc(Oc2ccc(Br)cc2)nc1. The van der Waals surface area contributed by atoms with Crippen molar-refractivity contribution in [1.29, 1.82) is 0 Å². The number of halogens is 2. The van der Waals surface area contributed by atoms with Crippen molar-refractivity contribution in [1.82, 2.24) is 4.98 Å². The van der Waals surface area contributed by atoms with Gasteiger partial charge in [-0.25, -0.2) is 4.98 Å². The van der Waals surface area contributed by atoms with E-state index in [4.69, 9.17) is 4.74 Å². The van der Waals surface area contributed by atoms with Crippen LogP contribution in [0.1, 0.15) is 5.56 Å². The molecular weight excluding hydrogens is 334 g/mol. The van der Waals surface area contributed by atoms with Crippen molar-refractivity contribution in [3.8, 4) is 11.6 Å². The highest BCUT2D eigenvalue weighted by atomic mass is 79.9. The van der Waals surface area contributed by atoms with E-state index in [0.717, 1.165) is 21.1 Å². The highest BCUT2D eigenvalue weighted by Gasteiger charge is 1.98. The minimum Gasteiger partial charge on any atom is -0.439 e. The van der Waals surface area contributed by atoms with Crippen LogP contribution in [0, 0.1) is 0 Å². The molecule has 0 saturated heterocycles. The van der Waals surface area contributed by atoms with Gasteiger partial charge in [-0.15, -0.1) is 0 Å². The fourth-order valence-electron chi connectivity index (χ4n) is 1.17. The van der Waals surface area contributed by atoms with Gasteiger partial charge in [-0.05, 0) is 29.8 Å². The highest BCUT2D eigenvalue weighted by Crippen LogP contribution is 2.21. The molecule has 2 rings (SSSR count). The number of ether oxygens (including phenoxy) is 1. The van der Waals surface area contributed by atoms with Crippen LogP contribution < -0.4 is 4.74 Å². The number of nitrogens with zero attached hydrogens (tertiary/aromatic N) is 1. The second-order valence-corrected chi connectivity index (χ2v) is 4.67. The molecule has 1 aromatic carbocycles. The predicted molar refractivity (Wildman–Crippen MR) is 71.1 cm³/mol. The number of alkyl halides is 1. The molecule has 16 heavy (non-hydrogen) atoms. The standard InChI is InChI=1S/C12H9Br2NO/c13-7-9-1-6-12(15-8-9)16-11-4-2-10(14)3-5-11/h1-6,8H,7H2. The summed E-state index contributed by atoms with van der Waals surface area (Å²) in [5, 5.41) is 0.804. The molecule has 2 nitrogen and oxygen atoms in total. The van der Waals surface area contributed by atoms with Crippen molar-refractivity contribution in [3.05, 3.63) is 52.6 Å². The van der Waals surface area contributed by atoms with E-state index in [9.17, 15) is 0 Å². The van der Waals surface area contributed by atoms with Crippen LogP contribution in [0.2, 0.25) is 0 Å². The fourth-order valence-corrected chi connectivity index (χ4v) is 1.77. The molecule has 1 aromatic heterocycles. The number of hydrogen-bond donors (Lipinski definition) is 0. The van der Waals surface area contributed by atoms with E-state index in [-0.39, 0.29) is 0 Å². The Balaban J connectivity index is 2.11. The van der Waals surface area contributed by atoms with Gasteiger partial charge in [-0.2, -0.15) is 0 Å². The van der Waals surface area contributed by atoms with Gasteiger partial charge in [0.2, 0.25) is 5.88 Å². The zero-order chi connectivity index (χ0) is 11.4. The summed E-state index contributed by atoms with van der Waals surface area (Å²) in [7, 11) is 0. The van der Waals surface area contributed by atoms with Crippen LogP contribution in [0.15, 0.2) is 47.1 Å². The molecule has 0 spiro atoms. The molecule has 0 aliphatic carbocycles. The van der Waals surface area contributed by atoms with Crippen molar-refractivity contribution in [3.63, 3.8) is 0 Å². The Morgan fingerprint density at radius 3 is 2.38 bits per heavy atom. The van der Waals surface area contributed by atoms with E-state index in [1.807, 2.05) is 36.4 Å². The number of aromatic nitrogens is 1. The maximum Gasteiger partial charge on any atom is 0.219 e. The first-order valence-corrected chi connectivity index (χ1v) is 6.64. The van der Waals surface area contributed by atoms with E-state index in [0.29, 0.717) is 5.88 Å². The monoisotopic (exact) mass is 341 g/mol. The number of benzene rings is 1. The third-order valence-corrected chi connectivity index (χ3v) is 3.16. The zero-order valence-corrected chi connectivity index (χ0v) is 11.5. The van der Waals surface area contributed by atoms with E-state index in [2.05, 4.69) is 36.8 Å². The average molecular weight is 343 g/mol. The van der Waals surface area contributed by atoms with Crippen molar-refractivity contribution < 1.29 is 4.74 Å². The Labute approximate surface area is 111 Å². The minimum atomic E-state index is 0.604. The lowest BCUT2D eigenvalue weighted by Crippen LogP contribution is -1.88. The van der Waals surface area contributed by atoms with Gasteiger partial charge in [0.25, 0.3) is 0 Å². The Morgan fingerprint density at radius 1 is 1.06 bits per heavy atom. The molecule has 2 aromatic rings. The van der Waals surface area contributed by atoms with Crippen molar-refractivity contribution >= 4 is 31.9 Å². The third kappa shape index (κ3) is 3.06. The lowest BCUT2D eigenvalue weighted by atomic mass is 10.3. The fraction of sp³-hybridized carbons (Fsp3) is 0.0833. The maximum absolute atomic E-state index is 5.59. The molecule has 0 N–H and O–H groups in total. The van der Waals surface area contributed by atoms with Gasteiger partial charge in [-0.3, -0.25) is 0 Å². The van der Waals surface area contributed by atoms with Gasteiger partial charge < -0.3 is 4.74 Å². The van der Waals surface area contributed by atoms with Gasteiger partial charge in [0.1, 0.15) is 5.75 Å². The van der Waals surface area contributed by atoms with Crippen molar-refractivity contribution in [2.45, 2.75) is 5.33 Å².